The highest BCUT2D eigenvalue weighted by Crippen LogP contribution is 2.43. The van der Waals surface area contributed by atoms with Gasteiger partial charge >= 0.3 is 0 Å². The van der Waals surface area contributed by atoms with Gasteiger partial charge in [0, 0.05) is 6.07 Å². The molecule has 0 radical (unpaired) electrons. The lowest BCUT2D eigenvalue weighted by Gasteiger charge is -2.38. The highest BCUT2D eigenvalue weighted by atomic mass is 32.2. The van der Waals surface area contributed by atoms with Crippen LogP contribution in [-0.2, 0) is 9.84 Å². The molecule has 2 saturated carbocycles. The summed E-state index contributed by atoms with van der Waals surface area (Å²) in [5, 5.41) is 10.6. The van der Waals surface area contributed by atoms with Crippen molar-refractivity contribution in [2.45, 2.75) is 55.1 Å². The van der Waals surface area contributed by atoms with E-state index in [1.807, 2.05) is 0 Å². The van der Waals surface area contributed by atoms with Crippen molar-refractivity contribution in [3.05, 3.63) is 34.4 Å². The highest BCUT2D eigenvalue weighted by Gasteiger charge is 2.38. The summed E-state index contributed by atoms with van der Waals surface area (Å²) in [7, 11) is -3.62. The normalized spacial score (nSPS) is 26.4. The second kappa shape index (κ2) is 5.99. The Labute approximate surface area is 130 Å². The Bertz CT molecular complexity index is 658. The third-order valence-electron chi connectivity index (χ3n) is 5.34. The fourth-order valence-electron chi connectivity index (χ4n) is 3.81. The molecule has 1 aromatic carbocycles. The summed E-state index contributed by atoms with van der Waals surface area (Å²) in [6, 6.07) is 5.70. The SMILES string of the molecule is O=[N+]([O-])c1ccccc1S(=O)(=O)C1CCC(C2CCC2)CC1. The van der Waals surface area contributed by atoms with Crippen molar-refractivity contribution in [3.63, 3.8) is 0 Å². The molecule has 2 aliphatic carbocycles. The monoisotopic (exact) mass is 323 g/mol. The molecule has 0 atom stereocenters. The van der Waals surface area contributed by atoms with Crippen LogP contribution in [0.15, 0.2) is 29.2 Å². The number of hydrogen-bond acceptors (Lipinski definition) is 4. The molecule has 0 aromatic heterocycles. The number of para-hydroxylation sites is 1. The van der Waals surface area contributed by atoms with E-state index >= 15 is 0 Å². The van der Waals surface area contributed by atoms with Gasteiger partial charge in [-0.05, 0) is 43.6 Å². The van der Waals surface area contributed by atoms with Crippen molar-refractivity contribution in [2.24, 2.45) is 11.8 Å². The minimum absolute atomic E-state index is 0.118. The van der Waals surface area contributed by atoms with Crippen molar-refractivity contribution >= 4 is 15.5 Å². The van der Waals surface area contributed by atoms with E-state index in [0.717, 1.165) is 18.8 Å². The molecule has 2 fully saturated rings. The molecule has 0 bridgehead atoms. The van der Waals surface area contributed by atoms with E-state index in [9.17, 15) is 18.5 Å². The Balaban J connectivity index is 1.78. The summed E-state index contributed by atoms with van der Waals surface area (Å²) in [5.41, 5.74) is -0.302. The molecular formula is C16H21NO4S. The van der Waals surface area contributed by atoms with Crippen LogP contribution in [0.2, 0.25) is 0 Å². The lowest BCUT2D eigenvalue weighted by molar-refractivity contribution is -0.387. The van der Waals surface area contributed by atoms with Gasteiger partial charge in [-0.15, -0.1) is 0 Å². The first-order chi connectivity index (χ1) is 10.5. The molecule has 3 rings (SSSR count). The zero-order valence-electron chi connectivity index (χ0n) is 12.5. The smallest absolute Gasteiger partial charge is 0.258 e. The second-order valence-corrected chi connectivity index (χ2v) is 8.69. The fourth-order valence-corrected chi connectivity index (χ4v) is 5.76. The lowest BCUT2D eigenvalue weighted by atomic mass is 9.70. The molecule has 0 unspecified atom stereocenters. The van der Waals surface area contributed by atoms with Crippen LogP contribution in [-0.4, -0.2) is 18.6 Å². The molecule has 0 amide bonds. The maximum absolute atomic E-state index is 12.8. The molecule has 2 aliphatic rings. The fraction of sp³-hybridized carbons (Fsp3) is 0.625. The van der Waals surface area contributed by atoms with Gasteiger partial charge in [0.25, 0.3) is 5.69 Å². The largest absolute Gasteiger partial charge is 0.287 e. The average molecular weight is 323 g/mol. The van der Waals surface area contributed by atoms with Gasteiger partial charge in [0.15, 0.2) is 9.84 Å². The third kappa shape index (κ3) is 2.76. The molecule has 120 valence electrons. The lowest BCUT2D eigenvalue weighted by Crippen LogP contribution is -2.32. The Morgan fingerprint density at radius 1 is 0.955 bits per heavy atom. The van der Waals surface area contributed by atoms with Crippen molar-refractivity contribution in [1.29, 1.82) is 0 Å². The maximum Gasteiger partial charge on any atom is 0.287 e. The molecule has 0 saturated heterocycles. The van der Waals surface area contributed by atoms with Crippen LogP contribution in [0.5, 0.6) is 0 Å². The first-order valence-electron chi connectivity index (χ1n) is 7.97. The van der Waals surface area contributed by atoms with Crippen LogP contribution >= 0.6 is 0 Å². The molecule has 22 heavy (non-hydrogen) atoms. The standard InChI is InChI=1S/C16H21NO4S/c18-17(19)15-6-1-2-7-16(15)22(20,21)14-10-8-13(9-11-14)12-4-3-5-12/h1-2,6-7,12-14H,3-5,8-11H2. The van der Waals surface area contributed by atoms with E-state index in [4.69, 9.17) is 0 Å². The number of nitrogens with zero attached hydrogens (tertiary/aromatic N) is 1. The predicted octanol–water partition coefficient (Wildman–Crippen LogP) is 3.73. The first kappa shape index (κ1) is 15.5. The van der Waals surface area contributed by atoms with Crippen molar-refractivity contribution in [3.8, 4) is 0 Å². The highest BCUT2D eigenvalue weighted by molar-refractivity contribution is 7.92. The molecule has 6 heteroatoms. The van der Waals surface area contributed by atoms with Gasteiger partial charge in [0.2, 0.25) is 0 Å². The Morgan fingerprint density at radius 2 is 1.55 bits per heavy atom. The van der Waals surface area contributed by atoms with Crippen LogP contribution < -0.4 is 0 Å². The summed E-state index contributed by atoms with van der Waals surface area (Å²) in [6.07, 6.45) is 7.02. The maximum atomic E-state index is 12.8. The third-order valence-corrected chi connectivity index (χ3v) is 7.65. The van der Waals surface area contributed by atoms with Gasteiger partial charge < -0.3 is 0 Å². The molecule has 0 heterocycles. The minimum atomic E-state index is -3.62. The topological polar surface area (TPSA) is 77.3 Å². The minimum Gasteiger partial charge on any atom is -0.258 e. The van der Waals surface area contributed by atoms with Crippen LogP contribution in [0.1, 0.15) is 44.9 Å². The number of rotatable bonds is 4. The van der Waals surface area contributed by atoms with E-state index in [-0.39, 0.29) is 10.6 Å². The Morgan fingerprint density at radius 3 is 2.09 bits per heavy atom. The van der Waals surface area contributed by atoms with Crippen molar-refractivity contribution in [1.82, 2.24) is 0 Å². The van der Waals surface area contributed by atoms with Gasteiger partial charge in [0.1, 0.15) is 4.90 Å². The van der Waals surface area contributed by atoms with Gasteiger partial charge in [0.05, 0.1) is 10.2 Å². The molecule has 0 N–H and O–H groups in total. The predicted molar refractivity (Wildman–Crippen MR) is 83.4 cm³/mol. The van der Waals surface area contributed by atoms with E-state index in [1.165, 1.54) is 37.5 Å². The van der Waals surface area contributed by atoms with E-state index in [1.54, 1.807) is 6.07 Å². The van der Waals surface area contributed by atoms with Crippen LogP contribution in [0.4, 0.5) is 5.69 Å². The summed E-state index contributed by atoms with van der Waals surface area (Å²) in [5.74, 6) is 1.45. The van der Waals surface area contributed by atoms with Gasteiger partial charge in [-0.1, -0.05) is 31.4 Å². The number of benzene rings is 1. The number of hydrogen-bond donors (Lipinski definition) is 0. The van der Waals surface area contributed by atoms with Gasteiger partial charge in [-0.2, -0.15) is 0 Å². The van der Waals surface area contributed by atoms with Crippen molar-refractivity contribution in [2.75, 3.05) is 0 Å². The first-order valence-corrected chi connectivity index (χ1v) is 9.52. The van der Waals surface area contributed by atoms with Crippen LogP contribution in [0.25, 0.3) is 0 Å². The summed E-state index contributed by atoms with van der Waals surface area (Å²) < 4.78 is 25.5. The number of sulfone groups is 1. The quantitative estimate of drug-likeness (QED) is 0.625. The number of nitro benzene ring substituents is 1. The zero-order valence-corrected chi connectivity index (χ0v) is 13.3. The van der Waals surface area contributed by atoms with Gasteiger partial charge in [-0.3, -0.25) is 10.1 Å². The zero-order chi connectivity index (χ0) is 15.7. The van der Waals surface area contributed by atoms with Gasteiger partial charge in [-0.25, -0.2) is 8.42 Å². The summed E-state index contributed by atoms with van der Waals surface area (Å²) in [4.78, 5) is 10.4. The Kier molecular flexibility index (Phi) is 4.21. The molecule has 1 aromatic rings. The Hall–Kier alpha value is -1.43. The van der Waals surface area contributed by atoms with Crippen LogP contribution in [0.3, 0.4) is 0 Å². The van der Waals surface area contributed by atoms with Crippen LogP contribution in [0, 0.1) is 22.0 Å². The molecule has 0 spiro atoms. The van der Waals surface area contributed by atoms with E-state index < -0.39 is 20.0 Å². The molecule has 5 nitrogen and oxygen atoms in total. The van der Waals surface area contributed by atoms with E-state index in [0.29, 0.717) is 18.8 Å². The molecule has 0 aliphatic heterocycles. The number of nitro groups is 1. The summed E-state index contributed by atoms with van der Waals surface area (Å²) in [6.45, 7) is 0. The average Bonchev–Trinajstić information content (AvgIpc) is 2.46. The van der Waals surface area contributed by atoms with E-state index in [2.05, 4.69) is 0 Å². The molecular weight excluding hydrogens is 302 g/mol. The second-order valence-electron chi connectivity index (χ2n) is 6.50. The summed E-state index contributed by atoms with van der Waals surface area (Å²) >= 11 is 0. The van der Waals surface area contributed by atoms with Crippen molar-refractivity contribution < 1.29 is 13.3 Å².